The van der Waals surface area contributed by atoms with Crippen molar-refractivity contribution in [2.24, 2.45) is 0 Å². The molecule has 4 aromatic rings. The molecule has 226 valence electrons. The van der Waals surface area contributed by atoms with Gasteiger partial charge in [0, 0.05) is 13.1 Å². The number of rotatable bonds is 9. The molecule has 2 aromatic heterocycles. The fourth-order valence-electron chi connectivity index (χ4n) is 5.19. The molecule has 6 rings (SSSR count). The molecule has 5 atom stereocenters. The molecular formula is C30H29N7O7. The summed E-state index contributed by atoms with van der Waals surface area (Å²) in [4.78, 5) is 49.8. The lowest BCUT2D eigenvalue weighted by atomic mass is 10.1. The topological polar surface area (TPSA) is 179 Å². The second kappa shape index (κ2) is 12.6. The number of aromatic nitrogens is 4. The number of hydrogen-bond donors (Lipinski definition) is 4. The van der Waals surface area contributed by atoms with E-state index in [1.165, 1.54) is 24.8 Å². The Bertz CT molecular complexity index is 1710. The van der Waals surface area contributed by atoms with Crippen LogP contribution in [0.2, 0.25) is 0 Å². The minimum atomic E-state index is -1.21. The Morgan fingerprint density at radius 2 is 1.68 bits per heavy atom. The van der Waals surface area contributed by atoms with E-state index in [9.17, 15) is 19.5 Å². The quantitative estimate of drug-likeness (QED) is 0.224. The van der Waals surface area contributed by atoms with Gasteiger partial charge in [0.1, 0.15) is 24.6 Å². The zero-order valence-electron chi connectivity index (χ0n) is 23.5. The van der Waals surface area contributed by atoms with Crippen molar-refractivity contribution in [1.82, 2.24) is 30.2 Å². The van der Waals surface area contributed by atoms with Crippen molar-refractivity contribution in [2.45, 2.75) is 37.8 Å². The molecule has 2 aliphatic rings. The van der Waals surface area contributed by atoms with Gasteiger partial charge in [-0.3, -0.25) is 14.7 Å². The van der Waals surface area contributed by atoms with Crippen molar-refractivity contribution in [3.05, 3.63) is 90.0 Å². The zero-order valence-corrected chi connectivity index (χ0v) is 23.5. The molecule has 2 saturated heterocycles. The predicted molar refractivity (Wildman–Crippen MR) is 157 cm³/mol. The number of carbonyl (C=O) groups is 3. The molecule has 2 aromatic carbocycles. The number of carbonyl (C=O) groups excluding carboxylic acids is 2. The summed E-state index contributed by atoms with van der Waals surface area (Å²) in [5.74, 6) is -1.54. The molecule has 0 aliphatic carbocycles. The van der Waals surface area contributed by atoms with Crippen molar-refractivity contribution in [3.63, 3.8) is 0 Å². The van der Waals surface area contributed by atoms with E-state index in [1.54, 1.807) is 29.7 Å². The summed E-state index contributed by atoms with van der Waals surface area (Å²) in [6.45, 7) is 2.24. The van der Waals surface area contributed by atoms with Gasteiger partial charge in [-0.05, 0) is 30.7 Å². The van der Waals surface area contributed by atoms with Crippen LogP contribution in [0.15, 0.2) is 73.3 Å². The second-order valence-corrected chi connectivity index (χ2v) is 10.00. The molecule has 4 N–H and O–H groups in total. The van der Waals surface area contributed by atoms with E-state index in [0.717, 1.165) is 5.56 Å². The number of ether oxygens (including phenoxy) is 3. The van der Waals surface area contributed by atoms with Crippen molar-refractivity contribution in [3.8, 4) is 0 Å². The molecule has 4 unspecified atom stereocenters. The molecular weight excluding hydrogens is 570 g/mol. The fourth-order valence-corrected chi connectivity index (χ4v) is 5.19. The summed E-state index contributed by atoms with van der Waals surface area (Å²) in [7, 11) is 0. The third-order valence-electron chi connectivity index (χ3n) is 7.18. The highest BCUT2D eigenvalue weighted by atomic mass is 16.8. The third kappa shape index (κ3) is 5.86. The van der Waals surface area contributed by atoms with Crippen molar-refractivity contribution < 1.29 is 33.7 Å². The van der Waals surface area contributed by atoms with Crippen LogP contribution in [0, 0.1) is 0 Å². The number of urea groups is 1. The minimum Gasteiger partial charge on any atom is -0.478 e. The Morgan fingerprint density at radius 3 is 2.45 bits per heavy atom. The number of carboxylic acids is 1. The summed E-state index contributed by atoms with van der Waals surface area (Å²) in [6.07, 6.45) is 3.14. The number of hydrogen-bond acceptors (Lipinski definition) is 9. The largest absolute Gasteiger partial charge is 0.478 e. The van der Waals surface area contributed by atoms with Crippen LogP contribution in [-0.4, -0.2) is 80.2 Å². The summed E-state index contributed by atoms with van der Waals surface area (Å²) in [6, 6.07) is 15.2. The number of benzene rings is 2. The van der Waals surface area contributed by atoms with Gasteiger partial charge in [0.2, 0.25) is 0 Å². The van der Waals surface area contributed by atoms with Crippen LogP contribution < -0.4 is 16.0 Å². The molecule has 2 fully saturated rings. The van der Waals surface area contributed by atoms with Crippen LogP contribution in [0.4, 0.5) is 10.6 Å². The fraction of sp³-hybridized carbons (Fsp3) is 0.267. The highest BCUT2D eigenvalue weighted by molar-refractivity contribution is 6.04. The van der Waals surface area contributed by atoms with Gasteiger partial charge in [-0.1, -0.05) is 48.5 Å². The van der Waals surface area contributed by atoms with Gasteiger partial charge >= 0.3 is 12.0 Å². The normalized spacial score (nSPS) is 22.6. The molecule has 44 heavy (non-hydrogen) atoms. The van der Waals surface area contributed by atoms with Crippen LogP contribution in [0.5, 0.6) is 0 Å². The SMILES string of the molecule is CCNC(=O)Nc1ncnc2c1ncn2C1OC(CNC(=O)c2ccccc2C(=O)O)C2O[C@H](C=Cc3ccccc3)OC21. The number of fused-ring (bicyclic) bond motifs is 2. The van der Waals surface area contributed by atoms with Gasteiger partial charge in [-0.25, -0.2) is 24.5 Å². The number of anilines is 1. The van der Waals surface area contributed by atoms with Gasteiger partial charge in [-0.2, -0.15) is 0 Å². The number of imidazole rings is 1. The number of carboxylic acid groups (broad SMARTS) is 1. The molecule has 14 heteroatoms. The van der Waals surface area contributed by atoms with Gasteiger partial charge in [0.25, 0.3) is 5.91 Å². The molecule has 2 aliphatic heterocycles. The van der Waals surface area contributed by atoms with Crippen LogP contribution in [0.3, 0.4) is 0 Å². The molecule has 0 spiro atoms. The van der Waals surface area contributed by atoms with Gasteiger partial charge in [0.15, 0.2) is 29.5 Å². The maximum absolute atomic E-state index is 13.0. The van der Waals surface area contributed by atoms with Crippen LogP contribution in [-0.2, 0) is 14.2 Å². The van der Waals surface area contributed by atoms with E-state index in [1.807, 2.05) is 36.4 Å². The predicted octanol–water partition coefficient (Wildman–Crippen LogP) is 2.82. The Hall–Kier alpha value is -5.18. The van der Waals surface area contributed by atoms with Crippen molar-refractivity contribution in [1.29, 1.82) is 0 Å². The van der Waals surface area contributed by atoms with E-state index in [2.05, 4.69) is 30.9 Å². The van der Waals surface area contributed by atoms with Crippen molar-refractivity contribution >= 4 is 41.0 Å². The molecule has 0 radical (unpaired) electrons. The lowest BCUT2D eigenvalue weighted by Gasteiger charge is -2.20. The highest BCUT2D eigenvalue weighted by Crippen LogP contribution is 2.41. The van der Waals surface area contributed by atoms with Crippen LogP contribution in [0.25, 0.3) is 17.2 Å². The number of amides is 3. The smallest absolute Gasteiger partial charge is 0.336 e. The average Bonchev–Trinajstić information content (AvgIpc) is 3.74. The monoisotopic (exact) mass is 599 g/mol. The van der Waals surface area contributed by atoms with E-state index in [4.69, 9.17) is 14.2 Å². The first-order valence-electron chi connectivity index (χ1n) is 14.0. The van der Waals surface area contributed by atoms with Crippen molar-refractivity contribution in [2.75, 3.05) is 18.4 Å². The Morgan fingerprint density at radius 1 is 0.932 bits per heavy atom. The Kier molecular flexibility index (Phi) is 8.27. The van der Waals surface area contributed by atoms with Gasteiger partial charge in [-0.15, -0.1) is 0 Å². The van der Waals surface area contributed by atoms with E-state index >= 15 is 0 Å². The molecule has 4 heterocycles. The highest BCUT2D eigenvalue weighted by Gasteiger charge is 2.53. The van der Waals surface area contributed by atoms with E-state index in [0.29, 0.717) is 17.7 Å². The minimum absolute atomic E-state index is 0.00847. The maximum atomic E-state index is 13.0. The first-order chi connectivity index (χ1) is 21.4. The second-order valence-electron chi connectivity index (χ2n) is 10.00. The maximum Gasteiger partial charge on any atom is 0.336 e. The number of nitrogens with one attached hydrogen (secondary N) is 3. The Labute approximate surface area is 251 Å². The zero-order chi connectivity index (χ0) is 30.6. The number of nitrogens with zero attached hydrogens (tertiary/aromatic N) is 4. The lowest BCUT2D eigenvalue weighted by molar-refractivity contribution is -0.123. The summed E-state index contributed by atoms with van der Waals surface area (Å²) >= 11 is 0. The lowest BCUT2D eigenvalue weighted by Crippen LogP contribution is -2.39. The third-order valence-corrected chi connectivity index (χ3v) is 7.18. The van der Waals surface area contributed by atoms with Gasteiger partial charge < -0.3 is 30.0 Å². The average molecular weight is 600 g/mol. The summed E-state index contributed by atoms with van der Waals surface area (Å²) < 4.78 is 20.6. The van der Waals surface area contributed by atoms with E-state index < -0.39 is 48.7 Å². The first-order valence-corrected chi connectivity index (χ1v) is 14.0. The van der Waals surface area contributed by atoms with Crippen LogP contribution >= 0.6 is 0 Å². The standard InChI is InChI=1S/C30H29N7O7/c1-2-31-30(41)36-25-22-26(34-15-33-25)37(16-35-22)28-24-23(43-21(44-24)13-12-17-8-4-3-5-9-17)20(42-28)14-32-27(38)18-10-6-7-11-19(18)29(39)40/h3-13,15-16,20-21,23-24,28H,2,14H2,1H3,(H,32,38)(H,39,40)(H2,31,33,34,36,41)/t20?,21-,23?,24?,28?/m0/s1. The van der Waals surface area contributed by atoms with Crippen LogP contribution in [0.1, 0.15) is 39.4 Å². The molecule has 0 bridgehead atoms. The summed E-state index contributed by atoms with van der Waals surface area (Å²) in [5, 5.41) is 17.6. The number of aromatic carboxylic acids is 1. The van der Waals surface area contributed by atoms with E-state index in [-0.39, 0.29) is 23.5 Å². The molecule has 0 saturated carbocycles. The summed E-state index contributed by atoms with van der Waals surface area (Å²) in [5.41, 5.74) is 1.63. The first kappa shape index (κ1) is 28.9. The molecule has 3 amide bonds. The van der Waals surface area contributed by atoms with Gasteiger partial charge in [0.05, 0.1) is 17.5 Å². The molecule has 14 nitrogen and oxygen atoms in total. The Balaban J connectivity index is 1.26.